The topological polar surface area (TPSA) is 42.7 Å². The summed E-state index contributed by atoms with van der Waals surface area (Å²) in [5.74, 6) is 0.990. The van der Waals surface area contributed by atoms with Gasteiger partial charge in [-0.2, -0.15) is 0 Å². The van der Waals surface area contributed by atoms with Gasteiger partial charge in [0.05, 0.1) is 18.8 Å². The third-order valence-electron chi connectivity index (χ3n) is 1.86. The molecular formula is C9H14NO3P. The molecule has 0 aromatic carbocycles. The highest BCUT2D eigenvalue weighted by molar-refractivity contribution is 7.17. The lowest BCUT2D eigenvalue weighted by molar-refractivity contribution is 0.249. The SMILES string of the molecule is CN(C)CC(COP=O)c1ccco1. The lowest BCUT2D eigenvalue weighted by atomic mass is 10.1. The van der Waals surface area contributed by atoms with E-state index in [1.807, 2.05) is 31.1 Å². The van der Waals surface area contributed by atoms with Crippen LogP contribution in [-0.4, -0.2) is 32.1 Å². The lowest BCUT2D eigenvalue weighted by Gasteiger charge is -2.17. The zero-order chi connectivity index (χ0) is 10.4. The van der Waals surface area contributed by atoms with E-state index in [0.29, 0.717) is 6.61 Å². The van der Waals surface area contributed by atoms with Gasteiger partial charge in [-0.3, -0.25) is 4.52 Å². The van der Waals surface area contributed by atoms with Crippen molar-refractivity contribution in [2.45, 2.75) is 5.92 Å². The number of furan rings is 1. The molecule has 1 heterocycles. The molecular weight excluding hydrogens is 201 g/mol. The van der Waals surface area contributed by atoms with E-state index in [2.05, 4.69) is 0 Å². The number of hydrogen-bond acceptors (Lipinski definition) is 4. The molecule has 14 heavy (non-hydrogen) atoms. The van der Waals surface area contributed by atoms with Crippen LogP contribution in [0.2, 0.25) is 0 Å². The molecule has 1 aromatic heterocycles. The van der Waals surface area contributed by atoms with E-state index in [0.717, 1.165) is 12.3 Å². The molecule has 0 fully saturated rings. The van der Waals surface area contributed by atoms with Gasteiger partial charge in [0.1, 0.15) is 5.76 Å². The molecule has 0 saturated carbocycles. The van der Waals surface area contributed by atoms with Gasteiger partial charge in [0.25, 0.3) is 0 Å². The normalized spacial score (nSPS) is 13.6. The van der Waals surface area contributed by atoms with E-state index in [1.165, 1.54) is 0 Å². The maximum absolute atomic E-state index is 10.2. The van der Waals surface area contributed by atoms with E-state index in [4.69, 9.17) is 8.94 Å². The molecule has 1 aromatic rings. The Balaban J connectivity index is 2.57. The van der Waals surface area contributed by atoms with Crippen LogP contribution >= 0.6 is 8.69 Å². The van der Waals surface area contributed by atoms with Gasteiger partial charge >= 0.3 is 8.69 Å². The predicted molar refractivity (Wildman–Crippen MR) is 53.6 cm³/mol. The second-order valence-electron chi connectivity index (χ2n) is 3.34. The van der Waals surface area contributed by atoms with Crippen molar-refractivity contribution in [1.29, 1.82) is 0 Å². The van der Waals surface area contributed by atoms with Crippen LogP contribution in [0, 0.1) is 0 Å². The number of likely N-dealkylation sites (N-methyl/N-ethyl adjacent to an activating group) is 1. The molecule has 78 valence electrons. The zero-order valence-corrected chi connectivity index (χ0v) is 9.24. The fourth-order valence-electron chi connectivity index (χ4n) is 1.31. The molecule has 1 unspecified atom stereocenters. The molecule has 1 atom stereocenters. The molecule has 0 spiro atoms. The van der Waals surface area contributed by atoms with Crippen molar-refractivity contribution < 1.29 is 13.5 Å². The Morgan fingerprint density at radius 2 is 2.43 bits per heavy atom. The zero-order valence-electron chi connectivity index (χ0n) is 8.34. The standard InChI is InChI=1S/C9H14NO3P/c1-10(2)6-8(7-13-14-11)9-4-3-5-12-9/h3-5,8H,6-7H2,1-2H3. The summed E-state index contributed by atoms with van der Waals surface area (Å²) in [4.78, 5) is 2.04. The van der Waals surface area contributed by atoms with Gasteiger partial charge in [0.15, 0.2) is 0 Å². The van der Waals surface area contributed by atoms with E-state index < -0.39 is 0 Å². The number of hydrogen-bond donors (Lipinski definition) is 0. The molecule has 0 aliphatic carbocycles. The molecule has 0 bridgehead atoms. The summed E-state index contributed by atoms with van der Waals surface area (Å²) in [7, 11) is 3.67. The van der Waals surface area contributed by atoms with Gasteiger partial charge in [-0.25, -0.2) is 4.57 Å². The summed E-state index contributed by atoms with van der Waals surface area (Å²) in [6.45, 7) is 1.21. The van der Waals surface area contributed by atoms with Crippen LogP contribution in [0.15, 0.2) is 22.8 Å². The second-order valence-corrected chi connectivity index (χ2v) is 3.75. The van der Waals surface area contributed by atoms with Gasteiger partial charge < -0.3 is 9.32 Å². The largest absolute Gasteiger partial charge is 0.469 e. The van der Waals surface area contributed by atoms with Gasteiger partial charge in [-0.05, 0) is 26.2 Å². The highest BCUT2D eigenvalue weighted by atomic mass is 31.1. The molecule has 0 N–H and O–H groups in total. The molecule has 0 saturated heterocycles. The van der Waals surface area contributed by atoms with Crippen LogP contribution in [0.5, 0.6) is 0 Å². The first-order valence-electron chi connectivity index (χ1n) is 4.36. The van der Waals surface area contributed by atoms with Crippen molar-refractivity contribution in [1.82, 2.24) is 4.90 Å². The molecule has 5 heteroatoms. The summed E-state index contributed by atoms with van der Waals surface area (Å²) < 4.78 is 20.3. The molecule has 1 rings (SSSR count). The van der Waals surface area contributed by atoms with E-state index >= 15 is 0 Å². The second kappa shape index (κ2) is 5.91. The van der Waals surface area contributed by atoms with Crippen molar-refractivity contribution in [3.05, 3.63) is 24.2 Å². The molecule has 4 nitrogen and oxygen atoms in total. The lowest BCUT2D eigenvalue weighted by Crippen LogP contribution is -2.22. The Morgan fingerprint density at radius 3 is 2.93 bits per heavy atom. The smallest absolute Gasteiger partial charge is 0.327 e. The van der Waals surface area contributed by atoms with Gasteiger partial charge in [0, 0.05) is 6.54 Å². The minimum absolute atomic E-state index is 0.126. The quantitative estimate of drug-likeness (QED) is 0.682. The third kappa shape index (κ3) is 3.58. The average Bonchev–Trinajstić information content (AvgIpc) is 2.64. The van der Waals surface area contributed by atoms with Gasteiger partial charge in [0.2, 0.25) is 0 Å². The Morgan fingerprint density at radius 1 is 1.64 bits per heavy atom. The molecule has 0 aliphatic rings. The monoisotopic (exact) mass is 215 g/mol. The van der Waals surface area contributed by atoms with Crippen LogP contribution < -0.4 is 0 Å². The Labute approximate surface area is 85.1 Å². The van der Waals surface area contributed by atoms with Crippen LogP contribution in [0.4, 0.5) is 0 Å². The van der Waals surface area contributed by atoms with Crippen LogP contribution in [0.3, 0.4) is 0 Å². The third-order valence-corrected chi connectivity index (χ3v) is 2.11. The van der Waals surface area contributed by atoms with Gasteiger partial charge in [-0.1, -0.05) is 0 Å². The van der Waals surface area contributed by atoms with Crippen molar-refractivity contribution in [2.75, 3.05) is 27.2 Å². The number of rotatable bonds is 6. The van der Waals surface area contributed by atoms with Crippen LogP contribution in [0.1, 0.15) is 11.7 Å². The van der Waals surface area contributed by atoms with Crippen LogP contribution in [-0.2, 0) is 9.09 Å². The van der Waals surface area contributed by atoms with Crippen molar-refractivity contribution in [2.24, 2.45) is 0 Å². The van der Waals surface area contributed by atoms with Crippen molar-refractivity contribution in [3.63, 3.8) is 0 Å². The summed E-state index contributed by atoms with van der Waals surface area (Å²) in [6.07, 6.45) is 1.63. The maximum Gasteiger partial charge on any atom is 0.327 e. The molecule has 0 aliphatic heterocycles. The van der Waals surface area contributed by atoms with Crippen LogP contribution in [0.25, 0.3) is 0 Å². The number of nitrogens with zero attached hydrogens (tertiary/aromatic N) is 1. The summed E-state index contributed by atoms with van der Waals surface area (Å²) in [6, 6.07) is 3.74. The summed E-state index contributed by atoms with van der Waals surface area (Å²) >= 11 is 0. The predicted octanol–water partition coefficient (Wildman–Crippen LogP) is 2.15. The highest BCUT2D eigenvalue weighted by Gasteiger charge is 2.15. The Kier molecular flexibility index (Phi) is 4.80. The molecule has 0 radical (unpaired) electrons. The van der Waals surface area contributed by atoms with Crippen molar-refractivity contribution >= 4 is 8.69 Å². The summed E-state index contributed by atoms with van der Waals surface area (Å²) in [5, 5.41) is 0. The molecule has 0 amide bonds. The van der Waals surface area contributed by atoms with E-state index in [1.54, 1.807) is 6.26 Å². The Hall–Kier alpha value is -0.700. The Bertz CT molecular complexity index is 261. The van der Waals surface area contributed by atoms with Crippen molar-refractivity contribution in [3.8, 4) is 0 Å². The fraction of sp³-hybridized carbons (Fsp3) is 0.556. The first-order chi connectivity index (χ1) is 6.74. The summed E-state index contributed by atoms with van der Waals surface area (Å²) in [5.41, 5.74) is 0. The minimum Gasteiger partial charge on any atom is -0.469 e. The average molecular weight is 215 g/mol. The fourth-order valence-corrected chi connectivity index (χ4v) is 1.55. The highest BCUT2D eigenvalue weighted by Crippen LogP contribution is 2.19. The van der Waals surface area contributed by atoms with Gasteiger partial charge in [-0.15, -0.1) is 0 Å². The minimum atomic E-state index is -0.282. The van der Waals surface area contributed by atoms with E-state index in [-0.39, 0.29) is 14.6 Å². The maximum atomic E-state index is 10.2. The first kappa shape index (κ1) is 11.4. The van der Waals surface area contributed by atoms with E-state index in [9.17, 15) is 4.57 Å². The first-order valence-corrected chi connectivity index (χ1v) is 5.10.